The van der Waals surface area contributed by atoms with E-state index in [9.17, 15) is 18.0 Å². The molecule has 0 aliphatic rings. The number of rotatable bonds is 6. The van der Waals surface area contributed by atoms with Gasteiger partial charge >= 0.3 is 5.97 Å². The number of carbonyl (C=O) groups excluding carboxylic acids is 2. The summed E-state index contributed by atoms with van der Waals surface area (Å²) in [5, 5.41) is 2.79. The fourth-order valence-electron chi connectivity index (χ4n) is 2.19. The lowest BCUT2D eigenvalue weighted by molar-refractivity contribution is -0.139. The van der Waals surface area contributed by atoms with Gasteiger partial charge in [-0.25, -0.2) is 12.7 Å². The van der Waals surface area contributed by atoms with Gasteiger partial charge in [-0.05, 0) is 35.9 Å². The van der Waals surface area contributed by atoms with E-state index in [1.54, 1.807) is 24.3 Å². The topological polar surface area (TPSA) is 92.8 Å². The van der Waals surface area contributed by atoms with Gasteiger partial charge in [-0.15, -0.1) is 0 Å². The summed E-state index contributed by atoms with van der Waals surface area (Å²) in [6.45, 7) is 0. The molecule has 7 nitrogen and oxygen atoms in total. The SMILES string of the molecule is COC(=O)Cc1ccc(NC(=O)c2cc(S(=O)(=O)N(C)C)ccc2Cl)cc1. The Kier molecular flexibility index (Phi) is 6.59. The molecule has 9 heteroatoms. The van der Waals surface area contributed by atoms with Crippen molar-refractivity contribution >= 4 is 39.2 Å². The number of anilines is 1. The molecule has 0 saturated heterocycles. The van der Waals surface area contributed by atoms with Crippen molar-refractivity contribution in [3.05, 3.63) is 58.6 Å². The van der Waals surface area contributed by atoms with E-state index < -0.39 is 15.9 Å². The van der Waals surface area contributed by atoms with Crippen molar-refractivity contribution in [1.82, 2.24) is 4.31 Å². The van der Waals surface area contributed by atoms with Gasteiger partial charge in [0.25, 0.3) is 5.91 Å². The molecule has 1 N–H and O–H groups in total. The van der Waals surface area contributed by atoms with Gasteiger partial charge in [0.2, 0.25) is 10.0 Å². The third-order valence-corrected chi connectivity index (χ3v) is 5.89. The van der Waals surface area contributed by atoms with Crippen LogP contribution in [0.1, 0.15) is 15.9 Å². The minimum atomic E-state index is -3.69. The van der Waals surface area contributed by atoms with Crippen LogP contribution in [0.25, 0.3) is 0 Å². The highest BCUT2D eigenvalue weighted by molar-refractivity contribution is 7.89. The average molecular weight is 411 g/mol. The zero-order valence-corrected chi connectivity index (χ0v) is 16.6. The Morgan fingerprint density at radius 3 is 2.30 bits per heavy atom. The Labute approximate surface area is 162 Å². The maximum atomic E-state index is 12.5. The monoisotopic (exact) mass is 410 g/mol. The molecule has 0 unspecified atom stereocenters. The van der Waals surface area contributed by atoms with E-state index in [1.807, 2.05) is 0 Å². The maximum Gasteiger partial charge on any atom is 0.309 e. The van der Waals surface area contributed by atoms with Crippen LogP contribution in [0.2, 0.25) is 5.02 Å². The fraction of sp³-hybridized carbons (Fsp3) is 0.222. The molecule has 0 fully saturated rings. The van der Waals surface area contributed by atoms with E-state index in [0.717, 1.165) is 9.87 Å². The zero-order chi connectivity index (χ0) is 20.2. The second-order valence-electron chi connectivity index (χ2n) is 5.83. The third kappa shape index (κ3) is 5.06. The standard InChI is InChI=1S/C18H19ClN2O5S/c1-21(2)27(24,25)14-8-9-16(19)15(11-14)18(23)20-13-6-4-12(5-7-13)10-17(22)26-3/h4-9,11H,10H2,1-3H3,(H,20,23). The number of esters is 1. The number of amides is 1. The van der Waals surface area contributed by atoms with Crippen molar-refractivity contribution < 1.29 is 22.7 Å². The molecule has 2 aromatic rings. The summed E-state index contributed by atoms with van der Waals surface area (Å²) in [5.74, 6) is -0.908. The molecule has 0 radical (unpaired) electrons. The molecule has 2 aromatic carbocycles. The largest absolute Gasteiger partial charge is 0.469 e. The molecule has 0 aromatic heterocycles. The summed E-state index contributed by atoms with van der Waals surface area (Å²) in [6, 6.07) is 10.6. The number of nitrogens with zero attached hydrogens (tertiary/aromatic N) is 1. The van der Waals surface area contributed by atoms with Gasteiger partial charge in [-0.1, -0.05) is 23.7 Å². The van der Waals surface area contributed by atoms with E-state index in [-0.39, 0.29) is 27.9 Å². The number of ether oxygens (including phenoxy) is 1. The van der Waals surface area contributed by atoms with Crippen LogP contribution in [0.3, 0.4) is 0 Å². The molecule has 0 bridgehead atoms. The van der Waals surface area contributed by atoms with Crippen molar-refractivity contribution in [3.8, 4) is 0 Å². The average Bonchev–Trinajstić information content (AvgIpc) is 2.63. The molecule has 1 amide bonds. The molecule has 0 aliphatic carbocycles. The van der Waals surface area contributed by atoms with Gasteiger partial charge < -0.3 is 10.1 Å². The third-order valence-electron chi connectivity index (χ3n) is 3.75. The lowest BCUT2D eigenvalue weighted by Gasteiger charge is -2.13. The minimum Gasteiger partial charge on any atom is -0.469 e. The summed E-state index contributed by atoms with van der Waals surface area (Å²) in [6.07, 6.45) is 0.126. The molecule has 0 spiro atoms. The number of methoxy groups -OCH3 is 1. The van der Waals surface area contributed by atoms with Gasteiger partial charge in [0.15, 0.2) is 0 Å². The molecule has 0 heterocycles. The molecule has 2 rings (SSSR count). The Bertz CT molecular complexity index is 956. The number of sulfonamides is 1. The predicted octanol–water partition coefficient (Wildman–Crippen LogP) is 2.56. The lowest BCUT2D eigenvalue weighted by Crippen LogP contribution is -2.23. The number of hydrogen-bond donors (Lipinski definition) is 1. The predicted molar refractivity (Wildman–Crippen MR) is 102 cm³/mol. The van der Waals surface area contributed by atoms with Crippen molar-refractivity contribution in [2.24, 2.45) is 0 Å². The number of nitrogens with one attached hydrogen (secondary N) is 1. The highest BCUT2D eigenvalue weighted by atomic mass is 35.5. The van der Waals surface area contributed by atoms with Crippen LogP contribution in [0, 0.1) is 0 Å². The van der Waals surface area contributed by atoms with Crippen LogP contribution in [0.4, 0.5) is 5.69 Å². The van der Waals surface area contributed by atoms with Crippen LogP contribution < -0.4 is 5.32 Å². The fourth-order valence-corrected chi connectivity index (χ4v) is 3.32. The van der Waals surface area contributed by atoms with E-state index in [0.29, 0.717) is 5.69 Å². The Morgan fingerprint density at radius 1 is 1.11 bits per heavy atom. The second kappa shape index (κ2) is 8.51. The van der Waals surface area contributed by atoms with Crippen molar-refractivity contribution in [1.29, 1.82) is 0 Å². The van der Waals surface area contributed by atoms with Crippen LogP contribution >= 0.6 is 11.6 Å². The Hall–Kier alpha value is -2.42. The van der Waals surface area contributed by atoms with E-state index in [2.05, 4.69) is 10.1 Å². The van der Waals surface area contributed by atoms with Crippen molar-refractivity contribution in [2.75, 3.05) is 26.5 Å². The van der Waals surface area contributed by atoms with Crippen LogP contribution in [-0.4, -0.2) is 45.8 Å². The van der Waals surface area contributed by atoms with Crippen molar-refractivity contribution in [3.63, 3.8) is 0 Å². The highest BCUT2D eigenvalue weighted by Gasteiger charge is 2.21. The van der Waals surface area contributed by atoms with Crippen LogP contribution in [-0.2, 0) is 26.0 Å². The summed E-state index contributed by atoms with van der Waals surface area (Å²) in [4.78, 5) is 23.8. The van der Waals surface area contributed by atoms with Gasteiger partial charge in [-0.2, -0.15) is 0 Å². The number of hydrogen-bond acceptors (Lipinski definition) is 5. The Morgan fingerprint density at radius 2 is 1.74 bits per heavy atom. The number of halogens is 1. The van der Waals surface area contributed by atoms with Gasteiger partial charge in [-0.3, -0.25) is 9.59 Å². The molecular weight excluding hydrogens is 392 g/mol. The van der Waals surface area contributed by atoms with E-state index in [4.69, 9.17) is 11.6 Å². The summed E-state index contributed by atoms with van der Waals surface area (Å²) < 4.78 is 30.1. The Balaban J connectivity index is 2.22. The minimum absolute atomic E-state index is 0.0320. The van der Waals surface area contributed by atoms with Gasteiger partial charge in [0.05, 0.1) is 29.0 Å². The first-order valence-corrected chi connectivity index (χ1v) is 9.66. The first-order valence-electron chi connectivity index (χ1n) is 7.84. The van der Waals surface area contributed by atoms with Crippen LogP contribution in [0.5, 0.6) is 0 Å². The first-order chi connectivity index (χ1) is 12.6. The van der Waals surface area contributed by atoms with Gasteiger partial charge in [0.1, 0.15) is 0 Å². The number of carbonyl (C=O) groups is 2. The van der Waals surface area contributed by atoms with E-state index >= 15 is 0 Å². The van der Waals surface area contributed by atoms with Gasteiger partial charge in [0, 0.05) is 19.8 Å². The molecule has 27 heavy (non-hydrogen) atoms. The lowest BCUT2D eigenvalue weighted by atomic mass is 10.1. The normalized spacial score (nSPS) is 11.3. The molecule has 144 valence electrons. The zero-order valence-electron chi connectivity index (χ0n) is 15.0. The smallest absolute Gasteiger partial charge is 0.309 e. The van der Waals surface area contributed by atoms with E-state index in [1.165, 1.54) is 39.4 Å². The molecular formula is C18H19ClN2O5S. The molecule has 0 atom stereocenters. The quantitative estimate of drug-likeness (QED) is 0.739. The van der Waals surface area contributed by atoms with Crippen LogP contribution in [0.15, 0.2) is 47.4 Å². The highest BCUT2D eigenvalue weighted by Crippen LogP contribution is 2.23. The molecule has 0 aliphatic heterocycles. The first kappa shape index (κ1) is 20.9. The summed E-state index contributed by atoms with van der Waals surface area (Å²) >= 11 is 6.06. The second-order valence-corrected chi connectivity index (χ2v) is 8.39. The number of benzene rings is 2. The summed E-state index contributed by atoms with van der Waals surface area (Å²) in [7, 11) is 0.424. The maximum absolute atomic E-state index is 12.5. The summed E-state index contributed by atoms with van der Waals surface area (Å²) in [5.41, 5.74) is 1.25. The molecule has 0 saturated carbocycles. The van der Waals surface area contributed by atoms with Crippen molar-refractivity contribution in [2.45, 2.75) is 11.3 Å².